The summed E-state index contributed by atoms with van der Waals surface area (Å²) in [7, 11) is 1.64. The molecule has 1 aliphatic heterocycles. The third-order valence-electron chi connectivity index (χ3n) is 6.52. The Hall–Kier alpha value is -2.44. The second-order valence-electron chi connectivity index (χ2n) is 9.59. The van der Waals surface area contributed by atoms with Gasteiger partial charge < -0.3 is 14.8 Å². The van der Waals surface area contributed by atoms with E-state index in [1.807, 2.05) is 13.8 Å². The fourth-order valence-electron chi connectivity index (χ4n) is 4.54. The van der Waals surface area contributed by atoms with E-state index in [1.54, 1.807) is 25.4 Å². The summed E-state index contributed by atoms with van der Waals surface area (Å²) in [5.41, 5.74) is 4.07. The largest absolute Gasteiger partial charge is 0.469 e. The lowest BCUT2D eigenvalue weighted by Gasteiger charge is -2.36. The molecule has 0 radical (unpaired) electrons. The van der Waals surface area contributed by atoms with Crippen LogP contribution < -0.4 is 10.1 Å². The molecule has 6 heteroatoms. The van der Waals surface area contributed by atoms with Crippen LogP contribution in [0, 0.1) is 0 Å². The number of hydrogen-bond acceptors (Lipinski definition) is 5. The average Bonchev–Trinajstić information content (AvgIpc) is 2.93. The van der Waals surface area contributed by atoms with Gasteiger partial charge in [0.05, 0.1) is 12.2 Å². The van der Waals surface area contributed by atoms with Gasteiger partial charge in [0.1, 0.15) is 5.60 Å². The molecule has 0 spiro atoms. The lowest BCUT2D eigenvalue weighted by atomic mass is 9.91. The van der Waals surface area contributed by atoms with Crippen LogP contribution in [0.15, 0.2) is 36.5 Å². The van der Waals surface area contributed by atoms with Crippen molar-refractivity contribution in [2.75, 3.05) is 26.8 Å². The Balaban J connectivity index is 1.31. The van der Waals surface area contributed by atoms with Gasteiger partial charge in [-0.15, -0.1) is 0 Å². The number of methoxy groups -OCH3 is 1. The van der Waals surface area contributed by atoms with Gasteiger partial charge in [-0.1, -0.05) is 24.6 Å². The fourth-order valence-corrected chi connectivity index (χ4v) is 4.54. The molecule has 1 aliphatic carbocycles. The SMILES string of the molecule is COCC(C)(C)Oc1ccc(C(=O)NCc2ccc3c(c2)CCN(C2CCC2)CC3)cn1. The number of fused-ring (bicyclic) bond motifs is 1. The molecular formula is C26H35N3O3. The van der Waals surface area contributed by atoms with Gasteiger partial charge in [0.25, 0.3) is 5.91 Å². The van der Waals surface area contributed by atoms with E-state index in [0.717, 1.165) is 31.0 Å². The van der Waals surface area contributed by atoms with Gasteiger partial charge in [-0.05, 0) is 62.3 Å². The van der Waals surface area contributed by atoms with Gasteiger partial charge in [-0.25, -0.2) is 4.98 Å². The molecule has 2 aliphatic rings. The number of nitrogens with one attached hydrogen (secondary N) is 1. The Kier molecular flexibility index (Phi) is 7.11. The smallest absolute Gasteiger partial charge is 0.253 e. The highest BCUT2D eigenvalue weighted by molar-refractivity contribution is 5.93. The van der Waals surface area contributed by atoms with Crippen LogP contribution in [0.25, 0.3) is 0 Å². The molecule has 0 unspecified atom stereocenters. The van der Waals surface area contributed by atoms with E-state index in [2.05, 4.69) is 33.4 Å². The number of benzene rings is 1. The standard InChI is InChI=1S/C26H35N3O3/c1-26(2,18-31-3)32-24-10-9-22(17-27-24)25(30)28-16-19-7-8-20-11-13-29(23-5-4-6-23)14-12-21(20)15-19/h7-10,15,17,23H,4-6,11-14,16,18H2,1-3H3,(H,28,30). The predicted octanol–water partition coefficient (Wildman–Crippen LogP) is 3.77. The summed E-state index contributed by atoms with van der Waals surface area (Å²) in [5, 5.41) is 3.02. The van der Waals surface area contributed by atoms with Crippen LogP contribution in [0.5, 0.6) is 5.88 Å². The van der Waals surface area contributed by atoms with E-state index in [4.69, 9.17) is 9.47 Å². The van der Waals surface area contributed by atoms with E-state index < -0.39 is 5.60 Å². The zero-order valence-corrected chi connectivity index (χ0v) is 19.5. The minimum absolute atomic E-state index is 0.133. The summed E-state index contributed by atoms with van der Waals surface area (Å²) in [6.07, 6.45) is 7.88. The van der Waals surface area contributed by atoms with E-state index in [0.29, 0.717) is 24.6 Å². The molecule has 1 amide bonds. The molecule has 6 nitrogen and oxygen atoms in total. The molecule has 1 aromatic carbocycles. The van der Waals surface area contributed by atoms with E-state index in [-0.39, 0.29) is 5.91 Å². The normalized spacial score (nSPS) is 17.2. The minimum Gasteiger partial charge on any atom is -0.469 e. The summed E-state index contributed by atoms with van der Waals surface area (Å²) in [6, 6.07) is 10.9. The predicted molar refractivity (Wildman–Crippen MR) is 125 cm³/mol. The van der Waals surface area contributed by atoms with Crippen molar-refractivity contribution in [3.63, 3.8) is 0 Å². The number of amides is 1. The van der Waals surface area contributed by atoms with Gasteiger partial charge in [0.15, 0.2) is 0 Å². The average molecular weight is 438 g/mol. The first-order valence-corrected chi connectivity index (χ1v) is 11.7. The van der Waals surface area contributed by atoms with Crippen LogP contribution in [-0.4, -0.2) is 54.2 Å². The van der Waals surface area contributed by atoms with Gasteiger partial charge >= 0.3 is 0 Å². The van der Waals surface area contributed by atoms with Crippen LogP contribution in [0.4, 0.5) is 0 Å². The Morgan fingerprint density at radius 3 is 2.59 bits per heavy atom. The third-order valence-corrected chi connectivity index (χ3v) is 6.52. The van der Waals surface area contributed by atoms with Gasteiger partial charge in [0, 0.05) is 45.0 Å². The number of hydrogen-bond donors (Lipinski definition) is 1. The first kappa shape index (κ1) is 22.7. The van der Waals surface area contributed by atoms with E-state index >= 15 is 0 Å². The highest BCUT2D eigenvalue weighted by atomic mass is 16.5. The molecule has 172 valence electrons. The van der Waals surface area contributed by atoms with E-state index in [9.17, 15) is 4.79 Å². The van der Waals surface area contributed by atoms with Crippen LogP contribution in [0.3, 0.4) is 0 Å². The lowest BCUT2D eigenvalue weighted by molar-refractivity contribution is 0.0149. The zero-order valence-electron chi connectivity index (χ0n) is 19.5. The third kappa shape index (κ3) is 5.67. The first-order chi connectivity index (χ1) is 15.4. The van der Waals surface area contributed by atoms with Crippen LogP contribution in [0.2, 0.25) is 0 Å². The fraction of sp³-hybridized carbons (Fsp3) is 0.538. The van der Waals surface area contributed by atoms with Crippen molar-refractivity contribution in [2.45, 2.75) is 64.1 Å². The lowest BCUT2D eigenvalue weighted by Crippen LogP contribution is -2.41. The molecule has 32 heavy (non-hydrogen) atoms. The van der Waals surface area contributed by atoms with Crippen molar-refractivity contribution >= 4 is 5.91 Å². The van der Waals surface area contributed by atoms with Gasteiger partial charge in [-0.3, -0.25) is 9.69 Å². The molecule has 2 heterocycles. The van der Waals surface area contributed by atoms with Crippen LogP contribution in [0.1, 0.15) is 60.2 Å². The number of rotatable bonds is 8. The van der Waals surface area contributed by atoms with Crippen LogP contribution in [-0.2, 0) is 24.1 Å². The number of aromatic nitrogens is 1. The molecule has 1 N–H and O–H groups in total. The van der Waals surface area contributed by atoms with Gasteiger partial charge in [0.2, 0.25) is 5.88 Å². The summed E-state index contributed by atoms with van der Waals surface area (Å²) in [4.78, 5) is 19.5. The second kappa shape index (κ2) is 10.0. The number of carbonyl (C=O) groups excluding carboxylic acids is 1. The Morgan fingerprint density at radius 2 is 1.94 bits per heavy atom. The Bertz CT molecular complexity index is 922. The zero-order chi connectivity index (χ0) is 22.6. The summed E-state index contributed by atoms with van der Waals surface area (Å²) < 4.78 is 11.0. The topological polar surface area (TPSA) is 63.7 Å². The molecule has 1 fully saturated rings. The highest BCUT2D eigenvalue weighted by Gasteiger charge is 2.26. The van der Waals surface area contributed by atoms with Crippen molar-refractivity contribution in [2.24, 2.45) is 0 Å². The van der Waals surface area contributed by atoms with Crippen molar-refractivity contribution in [3.05, 3.63) is 58.8 Å². The quantitative estimate of drug-likeness (QED) is 0.681. The first-order valence-electron chi connectivity index (χ1n) is 11.7. The van der Waals surface area contributed by atoms with Crippen molar-refractivity contribution < 1.29 is 14.3 Å². The number of nitrogens with zero attached hydrogens (tertiary/aromatic N) is 2. The number of carbonyl (C=O) groups is 1. The number of ether oxygens (including phenoxy) is 2. The van der Waals surface area contributed by atoms with E-state index in [1.165, 1.54) is 36.9 Å². The van der Waals surface area contributed by atoms with Crippen molar-refractivity contribution in [1.29, 1.82) is 0 Å². The maximum Gasteiger partial charge on any atom is 0.253 e. The molecule has 1 saturated carbocycles. The maximum atomic E-state index is 12.6. The van der Waals surface area contributed by atoms with Crippen molar-refractivity contribution in [1.82, 2.24) is 15.2 Å². The monoisotopic (exact) mass is 437 g/mol. The Labute approximate surface area is 191 Å². The molecule has 0 atom stereocenters. The summed E-state index contributed by atoms with van der Waals surface area (Å²) in [6.45, 7) is 7.15. The molecule has 0 bridgehead atoms. The summed E-state index contributed by atoms with van der Waals surface area (Å²) in [5.74, 6) is 0.344. The molecule has 4 rings (SSSR count). The molecular weight excluding hydrogens is 402 g/mol. The minimum atomic E-state index is -0.480. The summed E-state index contributed by atoms with van der Waals surface area (Å²) >= 11 is 0. The molecule has 0 saturated heterocycles. The second-order valence-corrected chi connectivity index (χ2v) is 9.59. The highest BCUT2D eigenvalue weighted by Crippen LogP contribution is 2.27. The molecule has 1 aromatic heterocycles. The maximum absolute atomic E-state index is 12.6. The van der Waals surface area contributed by atoms with Crippen molar-refractivity contribution in [3.8, 4) is 5.88 Å². The molecule has 2 aromatic rings. The van der Waals surface area contributed by atoms with Crippen LogP contribution >= 0.6 is 0 Å². The Morgan fingerprint density at radius 1 is 1.16 bits per heavy atom. The van der Waals surface area contributed by atoms with Gasteiger partial charge in [-0.2, -0.15) is 0 Å². The number of pyridine rings is 1.